The number of nitrogens with zero attached hydrogens (tertiary/aromatic N) is 1. The molecule has 0 aliphatic heterocycles. The molecule has 1 atom stereocenters. The van der Waals surface area contributed by atoms with Crippen LogP contribution in [-0.4, -0.2) is 37.6 Å². The quantitative estimate of drug-likeness (QED) is 0.642. The standard InChI is InChI=1S/C12H26N2/c1-4-8-13-12(5-2)10-14(3)9-11-6-7-11/h11-13H,4-10H2,1-3H3. The number of likely N-dealkylation sites (N-methyl/N-ethyl adjacent to an activating group) is 1. The molecule has 0 saturated heterocycles. The van der Waals surface area contributed by atoms with Crippen LogP contribution in [0.4, 0.5) is 0 Å². The summed E-state index contributed by atoms with van der Waals surface area (Å²) in [6, 6.07) is 0.693. The molecule has 1 rings (SSSR count). The lowest BCUT2D eigenvalue weighted by atomic mass is 10.2. The van der Waals surface area contributed by atoms with E-state index in [0.717, 1.165) is 12.5 Å². The van der Waals surface area contributed by atoms with Gasteiger partial charge in [0.2, 0.25) is 0 Å². The van der Waals surface area contributed by atoms with Crippen LogP contribution < -0.4 is 5.32 Å². The molecule has 0 heterocycles. The average Bonchev–Trinajstić information content (AvgIpc) is 2.95. The molecule has 1 aliphatic carbocycles. The Morgan fingerprint density at radius 1 is 1.36 bits per heavy atom. The van der Waals surface area contributed by atoms with Crippen molar-refractivity contribution in [3.05, 3.63) is 0 Å². The number of nitrogens with one attached hydrogen (secondary N) is 1. The van der Waals surface area contributed by atoms with E-state index in [1.165, 1.54) is 38.8 Å². The van der Waals surface area contributed by atoms with Crippen molar-refractivity contribution in [3.8, 4) is 0 Å². The van der Waals surface area contributed by atoms with Crippen LogP contribution in [0.15, 0.2) is 0 Å². The number of hydrogen-bond donors (Lipinski definition) is 1. The summed E-state index contributed by atoms with van der Waals surface area (Å²) in [5, 5.41) is 3.60. The average molecular weight is 198 g/mol. The molecule has 0 amide bonds. The lowest BCUT2D eigenvalue weighted by Crippen LogP contribution is -2.40. The predicted molar refractivity (Wildman–Crippen MR) is 62.6 cm³/mol. The van der Waals surface area contributed by atoms with E-state index in [-0.39, 0.29) is 0 Å². The van der Waals surface area contributed by atoms with Gasteiger partial charge in [-0.1, -0.05) is 13.8 Å². The molecule has 2 heteroatoms. The molecule has 1 aliphatic rings. The lowest BCUT2D eigenvalue weighted by Gasteiger charge is -2.24. The van der Waals surface area contributed by atoms with Crippen LogP contribution in [0.25, 0.3) is 0 Å². The van der Waals surface area contributed by atoms with Gasteiger partial charge in [0.25, 0.3) is 0 Å². The minimum atomic E-state index is 0.693. The van der Waals surface area contributed by atoms with E-state index in [1.807, 2.05) is 0 Å². The third-order valence-corrected chi connectivity index (χ3v) is 2.97. The van der Waals surface area contributed by atoms with Crippen molar-refractivity contribution in [3.63, 3.8) is 0 Å². The van der Waals surface area contributed by atoms with Crippen molar-refractivity contribution in [2.75, 3.05) is 26.7 Å². The van der Waals surface area contributed by atoms with Gasteiger partial charge in [-0.3, -0.25) is 0 Å². The fourth-order valence-electron chi connectivity index (χ4n) is 1.88. The molecule has 2 nitrogen and oxygen atoms in total. The summed E-state index contributed by atoms with van der Waals surface area (Å²) in [7, 11) is 2.26. The third-order valence-electron chi connectivity index (χ3n) is 2.97. The van der Waals surface area contributed by atoms with Gasteiger partial charge in [0.15, 0.2) is 0 Å². The van der Waals surface area contributed by atoms with Gasteiger partial charge in [-0.25, -0.2) is 0 Å². The molecule has 0 aromatic heterocycles. The van der Waals surface area contributed by atoms with Crippen LogP contribution in [0.3, 0.4) is 0 Å². The zero-order valence-electron chi connectivity index (χ0n) is 10.1. The van der Waals surface area contributed by atoms with Crippen molar-refractivity contribution in [2.24, 2.45) is 5.92 Å². The highest BCUT2D eigenvalue weighted by Crippen LogP contribution is 2.29. The molecule has 0 spiro atoms. The SMILES string of the molecule is CCCNC(CC)CN(C)CC1CC1. The maximum Gasteiger partial charge on any atom is 0.0192 e. The minimum Gasteiger partial charge on any atom is -0.313 e. The summed E-state index contributed by atoms with van der Waals surface area (Å²) in [6.45, 7) is 8.19. The van der Waals surface area contributed by atoms with E-state index in [0.29, 0.717) is 6.04 Å². The first kappa shape index (κ1) is 12.0. The van der Waals surface area contributed by atoms with Crippen molar-refractivity contribution in [2.45, 2.75) is 45.6 Å². The van der Waals surface area contributed by atoms with E-state index in [1.54, 1.807) is 0 Å². The first-order valence-corrected chi connectivity index (χ1v) is 6.18. The van der Waals surface area contributed by atoms with Gasteiger partial charge in [-0.2, -0.15) is 0 Å². The highest BCUT2D eigenvalue weighted by Gasteiger charge is 2.23. The van der Waals surface area contributed by atoms with Gasteiger partial charge in [0.05, 0.1) is 0 Å². The fraction of sp³-hybridized carbons (Fsp3) is 1.00. The molecular weight excluding hydrogens is 172 g/mol. The number of hydrogen-bond acceptors (Lipinski definition) is 2. The van der Waals surface area contributed by atoms with Crippen LogP contribution in [-0.2, 0) is 0 Å². The summed E-state index contributed by atoms with van der Waals surface area (Å²) in [4.78, 5) is 2.49. The summed E-state index contributed by atoms with van der Waals surface area (Å²) >= 11 is 0. The fourth-order valence-corrected chi connectivity index (χ4v) is 1.88. The van der Waals surface area contributed by atoms with Crippen molar-refractivity contribution in [1.82, 2.24) is 10.2 Å². The normalized spacial score (nSPS) is 18.9. The monoisotopic (exact) mass is 198 g/mol. The van der Waals surface area contributed by atoms with Crippen LogP contribution in [0.1, 0.15) is 39.5 Å². The second kappa shape index (κ2) is 6.41. The van der Waals surface area contributed by atoms with E-state index < -0.39 is 0 Å². The molecule has 14 heavy (non-hydrogen) atoms. The van der Waals surface area contributed by atoms with E-state index in [9.17, 15) is 0 Å². The Hall–Kier alpha value is -0.0800. The van der Waals surface area contributed by atoms with E-state index >= 15 is 0 Å². The van der Waals surface area contributed by atoms with Gasteiger partial charge < -0.3 is 10.2 Å². The summed E-state index contributed by atoms with van der Waals surface area (Å²) in [5.74, 6) is 1.02. The zero-order chi connectivity index (χ0) is 10.4. The van der Waals surface area contributed by atoms with E-state index in [2.05, 4.69) is 31.1 Å². The van der Waals surface area contributed by atoms with E-state index in [4.69, 9.17) is 0 Å². The Morgan fingerprint density at radius 2 is 2.07 bits per heavy atom. The van der Waals surface area contributed by atoms with Gasteiger partial charge >= 0.3 is 0 Å². The molecule has 0 bridgehead atoms. The second-order valence-electron chi connectivity index (χ2n) is 4.72. The topological polar surface area (TPSA) is 15.3 Å². The Bertz CT molecular complexity index is 143. The maximum atomic E-state index is 3.60. The summed E-state index contributed by atoms with van der Waals surface area (Å²) in [5.41, 5.74) is 0. The molecule has 1 fully saturated rings. The van der Waals surface area contributed by atoms with Crippen molar-refractivity contribution in [1.29, 1.82) is 0 Å². The molecule has 1 N–H and O–H groups in total. The largest absolute Gasteiger partial charge is 0.313 e. The van der Waals surface area contributed by atoms with Crippen molar-refractivity contribution >= 4 is 0 Å². The third kappa shape index (κ3) is 4.97. The van der Waals surface area contributed by atoms with Gasteiger partial charge in [0.1, 0.15) is 0 Å². The molecule has 1 saturated carbocycles. The first-order chi connectivity index (χ1) is 6.76. The van der Waals surface area contributed by atoms with Crippen LogP contribution in [0, 0.1) is 5.92 Å². The Kier molecular flexibility index (Phi) is 5.49. The minimum absolute atomic E-state index is 0.693. The lowest BCUT2D eigenvalue weighted by molar-refractivity contribution is 0.275. The van der Waals surface area contributed by atoms with Crippen LogP contribution in [0.2, 0.25) is 0 Å². The molecule has 1 unspecified atom stereocenters. The van der Waals surface area contributed by atoms with Crippen LogP contribution in [0.5, 0.6) is 0 Å². The molecule has 0 aromatic rings. The first-order valence-electron chi connectivity index (χ1n) is 6.18. The van der Waals surface area contributed by atoms with Gasteiger partial charge in [0, 0.05) is 19.1 Å². The molecular formula is C12H26N2. The molecule has 84 valence electrons. The predicted octanol–water partition coefficient (Wildman–Crippen LogP) is 2.11. The van der Waals surface area contributed by atoms with Crippen LogP contribution >= 0.6 is 0 Å². The smallest absolute Gasteiger partial charge is 0.0192 e. The maximum absolute atomic E-state index is 3.60. The second-order valence-corrected chi connectivity index (χ2v) is 4.72. The summed E-state index contributed by atoms with van der Waals surface area (Å²) in [6.07, 6.45) is 5.41. The highest BCUT2D eigenvalue weighted by molar-refractivity contribution is 4.78. The Balaban J connectivity index is 2.09. The highest BCUT2D eigenvalue weighted by atomic mass is 15.1. The van der Waals surface area contributed by atoms with Gasteiger partial charge in [-0.15, -0.1) is 0 Å². The molecule has 0 aromatic carbocycles. The Morgan fingerprint density at radius 3 is 2.57 bits per heavy atom. The Labute approximate surface area is 89.1 Å². The van der Waals surface area contributed by atoms with Gasteiger partial charge in [-0.05, 0) is 45.2 Å². The molecule has 0 radical (unpaired) electrons. The zero-order valence-corrected chi connectivity index (χ0v) is 10.1. The number of rotatable bonds is 8. The summed E-state index contributed by atoms with van der Waals surface area (Å²) < 4.78 is 0. The van der Waals surface area contributed by atoms with Crippen molar-refractivity contribution < 1.29 is 0 Å².